The maximum Gasteiger partial charge on any atom is 0.338 e. The first-order chi connectivity index (χ1) is 23.4. The number of rotatable bonds is 11. The van der Waals surface area contributed by atoms with Crippen molar-refractivity contribution in [1.82, 2.24) is 4.57 Å². The standard InChI is InChI=1S/C38H33ClN2O6S/c1-4-45-31-21-24(15-20-30(31)47-23-27-13-9-10-14-29(27)39)22-32-36(42)41-35(26-16-18-28(44-3)19-17-26)33(37(43)46-5-2)34(40-38(41)48-32)25-11-7-6-8-12-25/h6-22,35H,4-5,23H2,1-3H3/b32-22-/t35-/m0/s1. The van der Waals surface area contributed by atoms with E-state index in [4.69, 9.17) is 35.5 Å². The molecule has 1 atom stereocenters. The molecule has 1 aromatic heterocycles. The Morgan fingerprint density at radius 2 is 1.67 bits per heavy atom. The second-order valence-corrected chi connectivity index (χ2v) is 12.1. The number of hydrogen-bond donors (Lipinski definition) is 0. The van der Waals surface area contributed by atoms with Crippen molar-refractivity contribution in [3.63, 3.8) is 0 Å². The van der Waals surface area contributed by atoms with Crippen LogP contribution in [0.5, 0.6) is 17.2 Å². The number of fused-ring (bicyclic) bond motifs is 1. The zero-order valence-electron chi connectivity index (χ0n) is 26.6. The van der Waals surface area contributed by atoms with Crippen molar-refractivity contribution in [1.29, 1.82) is 0 Å². The molecule has 0 N–H and O–H groups in total. The first-order valence-corrected chi connectivity index (χ1v) is 16.7. The molecule has 48 heavy (non-hydrogen) atoms. The number of methoxy groups -OCH3 is 1. The average Bonchev–Trinajstić information content (AvgIpc) is 3.42. The highest BCUT2D eigenvalue weighted by Crippen LogP contribution is 2.36. The fraction of sp³-hybridized carbons (Fsp3) is 0.184. The third kappa shape index (κ3) is 6.79. The SMILES string of the molecule is CCOC(=O)C1=C(c2ccccc2)N=c2s/c(=C\c3ccc(OCc4ccccc4Cl)c(OCC)c3)c(=O)n2[C@H]1c1ccc(OC)cc1. The highest BCUT2D eigenvalue weighted by atomic mass is 35.5. The van der Waals surface area contributed by atoms with E-state index < -0.39 is 12.0 Å². The second-order valence-electron chi connectivity index (χ2n) is 10.7. The Labute approximate surface area is 286 Å². The summed E-state index contributed by atoms with van der Waals surface area (Å²) < 4.78 is 25.0. The molecule has 10 heteroatoms. The highest BCUT2D eigenvalue weighted by Gasteiger charge is 2.35. The molecule has 0 saturated heterocycles. The van der Waals surface area contributed by atoms with Crippen molar-refractivity contribution >= 4 is 40.7 Å². The number of nitrogens with zero attached hydrogens (tertiary/aromatic N) is 2. The van der Waals surface area contributed by atoms with Crippen LogP contribution in [0.25, 0.3) is 11.8 Å². The lowest BCUT2D eigenvalue weighted by Crippen LogP contribution is -2.40. The van der Waals surface area contributed by atoms with Crippen molar-refractivity contribution in [2.75, 3.05) is 20.3 Å². The van der Waals surface area contributed by atoms with E-state index in [9.17, 15) is 9.59 Å². The van der Waals surface area contributed by atoms with Gasteiger partial charge in [0.2, 0.25) is 0 Å². The Hall–Kier alpha value is -5.12. The van der Waals surface area contributed by atoms with Crippen molar-refractivity contribution < 1.29 is 23.7 Å². The molecule has 0 spiro atoms. The Morgan fingerprint density at radius 1 is 0.917 bits per heavy atom. The molecule has 4 aromatic carbocycles. The molecule has 0 unspecified atom stereocenters. The van der Waals surface area contributed by atoms with Crippen LogP contribution >= 0.6 is 22.9 Å². The maximum absolute atomic E-state index is 14.3. The molecule has 0 fully saturated rings. The van der Waals surface area contributed by atoms with E-state index in [0.717, 1.165) is 16.7 Å². The van der Waals surface area contributed by atoms with Crippen LogP contribution in [0.15, 0.2) is 112 Å². The lowest BCUT2D eigenvalue weighted by atomic mass is 9.93. The number of thiazole rings is 1. The molecular weight excluding hydrogens is 648 g/mol. The van der Waals surface area contributed by atoms with Crippen LogP contribution in [0, 0.1) is 0 Å². The van der Waals surface area contributed by atoms with Gasteiger partial charge < -0.3 is 18.9 Å². The number of ether oxygens (including phenoxy) is 4. The number of carbonyl (C=O) groups is 1. The molecule has 8 nitrogen and oxygen atoms in total. The van der Waals surface area contributed by atoms with Crippen LogP contribution in [0.3, 0.4) is 0 Å². The summed E-state index contributed by atoms with van der Waals surface area (Å²) in [6, 6.07) is 29.0. The number of aromatic nitrogens is 1. The van der Waals surface area contributed by atoms with Crippen LogP contribution in [0.1, 0.15) is 42.1 Å². The minimum atomic E-state index is -0.789. The topological polar surface area (TPSA) is 88.4 Å². The minimum absolute atomic E-state index is 0.171. The number of carbonyl (C=O) groups excluding carboxylic acids is 1. The molecule has 2 heterocycles. The predicted octanol–water partition coefficient (Wildman–Crippen LogP) is 6.58. The first-order valence-electron chi connectivity index (χ1n) is 15.5. The minimum Gasteiger partial charge on any atom is -0.497 e. The zero-order valence-corrected chi connectivity index (χ0v) is 28.2. The largest absolute Gasteiger partial charge is 0.497 e. The summed E-state index contributed by atoms with van der Waals surface area (Å²) in [4.78, 5) is 33.3. The fourth-order valence-electron chi connectivity index (χ4n) is 5.47. The Balaban J connectivity index is 1.48. The summed E-state index contributed by atoms with van der Waals surface area (Å²) >= 11 is 7.58. The van der Waals surface area contributed by atoms with E-state index in [1.54, 1.807) is 36.8 Å². The van der Waals surface area contributed by atoms with Crippen LogP contribution in [0.4, 0.5) is 0 Å². The Morgan fingerprint density at radius 3 is 2.38 bits per heavy atom. The Kier molecular flexibility index (Phi) is 10.1. The van der Waals surface area contributed by atoms with E-state index in [1.165, 1.54) is 11.3 Å². The van der Waals surface area contributed by atoms with Crippen molar-refractivity contribution in [3.05, 3.63) is 150 Å². The molecule has 0 radical (unpaired) electrons. The molecule has 1 aliphatic heterocycles. The van der Waals surface area contributed by atoms with Gasteiger partial charge in [0.05, 0.1) is 42.2 Å². The van der Waals surface area contributed by atoms with Crippen LogP contribution < -0.4 is 29.1 Å². The van der Waals surface area contributed by atoms with Gasteiger partial charge in [0, 0.05) is 16.1 Å². The summed E-state index contributed by atoms with van der Waals surface area (Å²) in [5.74, 6) is 1.21. The van der Waals surface area contributed by atoms with Gasteiger partial charge in [0.25, 0.3) is 5.56 Å². The van der Waals surface area contributed by atoms with Crippen molar-refractivity contribution in [3.8, 4) is 17.2 Å². The molecule has 0 aliphatic carbocycles. The molecule has 5 aromatic rings. The fourth-order valence-corrected chi connectivity index (χ4v) is 6.66. The van der Waals surface area contributed by atoms with Gasteiger partial charge in [-0.15, -0.1) is 0 Å². The third-order valence-corrected chi connectivity index (χ3v) is 9.06. The zero-order chi connectivity index (χ0) is 33.6. The number of halogens is 1. The molecule has 0 amide bonds. The molecule has 6 rings (SSSR count). The molecule has 0 saturated carbocycles. The van der Waals surface area contributed by atoms with Crippen molar-refractivity contribution in [2.45, 2.75) is 26.5 Å². The summed E-state index contributed by atoms with van der Waals surface area (Å²) in [5, 5.41) is 0.622. The van der Waals surface area contributed by atoms with E-state index in [2.05, 4.69) is 0 Å². The first kappa shape index (κ1) is 32.8. The van der Waals surface area contributed by atoms with Gasteiger partial charge >= 0.3 is 5.97 Å². The smallest absolute Gasteiger partial charge is 0.338 e. The summed E-state index contributed by atoms with van der Waals surface area (Å²) in [6.07, 6.45) is 1.80. The van der Waals surface area contributed by atoms with Gasteiger partial charge in [-0.3, -0.25) is 9.36 Å². The average molecular weight is 681 g/mol. The predicted molar refractivity (Wildman–Crippen MR) is 187 cm³/mol. The Bertz CT molecular complexity index is 2160. The van der Waals surface area contributed by atoms with Gasteiger partial charge in [0.1, 0.15) is 12.4 Å². The lowest BCUT2D eigenvalue weighted by molar-refractivity contribution is -0.138. The van der Waals surface area contributed by atoms with Crippen LogP contribution in [-0.2, 0) is 16.1 Å². The molecular formula is C38H33ClN2O6S. The van der Waals surface area contributed by atoms with Crippen LogP contribution in [0.2, 0.25) is 5.02 Å². The number of hydrogen-bond acceptors (Lipinski definition) is 8. The normalized spacial score (nSPS) is 14.2. The molecule has 244 valence electrons. The lowest BCUT2D eigenvalue weighted by Gasteiger charge is -2.26. The van der Waals surface area contributed by atoms with E-state index in [-0.39, 0.29) is 24.3 Å². The van der Waals surface area contributed by atoms with Gasteiger partial charge in [-0.05, 0) is 61.4 Å². The summed E-state index contributed by atoms with van der Waals surface area (Å²) in [7, 11) is 1.59. The van der Waals surface area contributed by atoms with E-state index >= 15 is 0 Å². The van der Waals surface area contributed by atoms with Gasteiger partial charge in [-0.2, -0.15) is 0 Å². The third-order valence-electron chi connectivity index (χ3n) is 7.71. The summed E-state index contributed by atoms with van der Waals surface area (Å²) in [6.45, 7) is 4.52. The van der Waals surface area contributed by atoms with Gasteiger partial charge in [-0.1, -0.05) is 89.7 Å². The van der Waals surface area contributed by atoms with E-state index in [1.807, 2.05) is 91.9 Å². The second kappa shape index (κ2) is 14.8. The van der Waals surface area contributed by atoms with Crippen molar-refractivity contribution in [2.24, 2.45) is 4.99 Å². The number of benzene rings is 4. The number of esters is 1. The summed E-state index contributed by atoms with van der Waals surface area (Å²) in [5.41, 5.74) is 3.51. The maximum atomic E-state index is 14.3. The monoisotopic (exact) mass is 680 g/mol. The van der Waals surface area contributed by atoms with Gasteiger partial charge in [0.15, 0.2) is 16.3 Å². The molecule has 1 aliphatic rings. The highest BCUT2D eigenvalue weighted by molar-refractivity contribution is 7.07. The van der Waals surface area contributed by atoms with Crippen LogP contribution in [-0.4, -0.2) is 30.9 Å². The van der Waals surface area contributed by atoms with E-state index in [0.29, 0.717) is 49.5 Å². The quantitative estimate of drug-likeness (QED) is 0.147. The molecule has 0 bridgehead atoms. The van der Waals surface area contributed by atoms with Gasteiger partial charge in [-0.25, -0.2) is 9.79 Å².